The van der Waals surface area contributed by atoms with Gasteiger partial charge in [0.15, 0.2) is 11.5 Å². The first kappa shape index (κ1) is 18.6. The van der Waals surface area contributed by atoms with Crippen molar-refractivity contribution in [3.05, 3.63) is 41.7 Å². The lowest BCUT2D eigenvalue weighted by atomic mass is 10.1. The van der Waals surface area contributed by atoms with E-state index in [0.29, 0.717) is 31.6 Å². The second kappa shape index (κ2) is 8.00. The van der Waals surface area contributed by atoms with E-state index in [1.807, 2.05) is 24.3 Å². The number of hydrogen-bond acceptors (Lipinski definition) is 6. The van der Waals surface area contributed by atoms with Gasteiger partial charge in [-0.05, 0) is 24.5 Å². The van der Waals surface area contributed by atoms with Crippen molar-refractivity contribution in [2.24, 2.45) is 5.73 Å². The Kier molecular flexibility index (Phi) is 5.51. The summed E-state index contributed by atoms with van der Waals surface area (Å²) in [6, 6.07) is 7.21. The van der Waals surface area contributed by atoms with E-state index in [9.17, 15) is 9.59 Å². The molecule has 9 nitrogen and oxygen atoms in total. The maximum absolute atomic E-state index is 12.6. The monoisotopic (exact) mass is 370 g/mol. The van der Waals surface area contributed by atoms with Crippen LogP contribution in [0.1, 0.15) is 28.9 Å². The highest BCUT2D eigenvalue weighted by Gasteiger charge is 2.26. The highest BCUT2D eigenvalue weighted by atomic mass is 16.4. The fraction of sp³-hybridized carbons (Fsp3) is 0.333. The summed E-state index contributed by atoms with van der Waals surface area (Å²) in [5.74, 6) is -0.439. The number of nitrogens with zero attached hydrogens (tertiary/aromatic N) is 3. The molecule has 1 aliphatic heterocycles. The molecule has 0 spiro atoms. The van der Waals surface area contributed by atoms with Crippen LogP contribution >= 0.6 is 0 Å². The molecule has 3 rings (SSSR count). The fourth-order valence-corrected chi connectivity index (χ4v) is 3.08. The molecule has 1 atom stereocenters. The zero-order valence-corrected chi connectivity index (χ0v) is 14.8. The van der Waals surface area contributed by atoms with Crippen LogP contribution in [0, 0.1) is 0 Å². The normalized spacial score (nSPS) is 16.8. The molecule has 2 amide bonds. The standard InChI is InChI=1S/C18H22N6O3/c19-8-11-3-1-4-12(7-11)14-9-21-16(20)15(23-14)17(25)22-13-5-2-6-24(10-13)18(26)27/h1,3-4,7,9,13H,2,5-6,8,10,19H2,(H2,20,21)(H,22,25)(H,26,27)/t13-/m0/s1. The van der Waals surface area contributed by atoms with Crippen LogP contribution in [-0.2, 0) is 6.54 Å². The molecule has 0 radical (unpaired) electrons. The Balaban J connectivity index is 1.79. The van der Waals surface area contributed by atoms with Gasteiger partial charge in [0.05, 0.1) is 11.9 Å². The van der Waals surface area contributed by atoms with Gasteiger partial charge >= 0.3 is 6.09 Å². The molecule has 6 N–H and O–H groups in total. The topological polar surface area (TPSA) is 147 Å². The summed E-state index contributed by atoms with van der Waals surface area (Å²) < 4.78 is 0. The maximum Gasteiger partial charge on any atom is 0.407 e. The van der Waals surface area contributed by atoms with Gasteiger partial charge in [-0.2, -0.15) is 0 Å². The van der Waals surface area contributed by atoms with Crippen molar-refractivity contribution in [2.45, 2.75) is 25.4 Å². The van der Waals surface area contributed by atoms with Crippen LogP contribution in [0.5, 0.6) is 0 Å². The number of aromatic nitrogens is 2. The lowest BCUT2D eigenvalue weighted by Crippen LogP contribution is -2.49. The number of hydrogen-bond donors (Lipinski definition) is 4. The Hall–Kier alpha value is -3.20. The number of likely N-dealkylation sites (tertiary alicyclic amines) is 1. The average molecular weight is 370 g/mol. The Morgan fingerprint density at radius 2 is 2.19 bits per heavy atom. The minimum absolute atomic E-state index is 0.0251. The van der Waals surface area contributed by atoms with Gasteiger partial charge in [0, 0.05) is 31.2 Å². The minimum Gasteiger partial charge on any atom is -0.465 e. The molecule has 0 unspecified atom stereocenters. The van der Waals surface area contributed by atoms with Gasteiger partial charge in [0.2, 0.25) is 0 Å². The second-order valence-corrected chi connectivity index (χ2v) is 6.43. The van der Waals surface area contributed by atoms with Crippen molar-refractivity contribution in [1.82, 2.24) is 20.2 Å². The van der Waals surface area contributed by atoms with Gasteiger partial charge in [0.1, 0.15) is 0 Å². The number of piperidine rings is 1. The summed E-state index contributed by atoms with van der Waals surface area (Å²) >= 11 is 0. The van der Waals surface area contributed by atoms with E-state index in [1.54, 1.807) is 0 Å². The van der Waals surface area contributed by atoms with Crippen molar-refractivity contribution in [3.63, 3.8) is 0 Å². The molecule has 1 fully saturated rings. The highest BCUT2D eigenvalue weighted by Crippen LogP contribution is 2.20. The number of nitrogens with one attached hydrogen (secondary N) is 1. The lowest BCUT2D eigenvalue weighted by Gasteiger charge is -2.31. The predicted octanol–water partition coefficient (Wildman–Crippen LogP) is 1.06. The first-order valence-corrected chi connectivity index (χ1v) is 8.68. The van der Waals surface area contributed by atoms with Crippen molar-refractivity contribution >= 4 is 17.8 Å². The van der Waals surface area contributed by atoms with Gasteiger partial charge in [-0.25, -0.2) is 14.8 Å². The first-order valence-electron chi connectivity index (χ1n) is 8.68. The van der Waals surface area contributed by atoms with Crippen LogP contribution in [0.15, 0.2) is 30.5 Å². The van der Waals surface area contributed by atoms with Gasteiger partial charge < -0.3 is 26.8 Å². The highest BCUT2D eigenvalue weighted by molar-refractivity contribution is 5.97. The number of carbonyl (C=O) groups is 2. The van der Waals surface area contributed by atoms with Crippen LogP contribution in [0.2, 0.25) is 0 Å². The molecule has 142 valence electrons. The Bertz CT molecular complexity index is 857. The average Bonchev–Trinajstić information content (AvgIpc) is 2.68. The molecule has 1 aliphatic rings. The summed E-state index contributed by atoms with van der Waals surface area (Å²) in [6.45, 7) is 1.11. The van der Waals surface area contributed by atoms with Crippen molar-refractivity contribution in [1.29, 1.82) is 0 Å². The van der Waals surface area contributed by atoms with Crippen molar-refractivity contribution < 1.29 is 14.7 Å². The molecule has 1 aromatic carbocycles. The van der Waals surface area contributed by atoms with Crippen LogP contribution in [-0.4, -0.2) is 51.1 Å². The molecule has 1 saturated heterocycles. The molecule has 0 aliphatic carbocycles. The van der Waals surface area contributed by atoms with E-state index in [4.69, 9.17) is 16.6 Å². The zero-order chi connectivity index (χ0) is 19.4. The quantitative estimate of drug-likeness (QED) is 0.629. The van der Waals surface area contributed by atoms with E-state index in [-0.39, 0.29) is 24.1 Å². The number of carboxylic acid groups (broad SMARTS) is 1. The third-order valence-electron chi connectivity index (χ3n) is 4.50. The Labute approximate surface area is 156 Å². The fourth-order valence-electron chi connectivity index (χ4n) is 3.08. The summed E-state index contributed by atoms with van der Waals surface area (Å²) in [5.41, 5.74) is 13.8. The van der Waals surface area contributed by atoms with E-state index in [2.05, 4.69) is 15.3 Å². The first-order chi connectivity index (χ1) is 13.0. The molecule has 9 heteroatoms. The lowest BCUT2D eigenvalue weighted by molar-refractivity contribution is 0.0884. The number of anilines is 1. The molecule has 0 saturated carbocycles. The maximum atomic E-state index is 12.6. The SMILES string of the molecule is NCc1cccc(-c2cnc(N)c(C(=O)N[C@H]3CCCN(C(=O)O)C3)n2)c1. The Morgan fingerprint density at radius 3 is 2.93 bits per heavy atom. The molecule has 2 aromatic rings. The van der Waals surface area contributed by atoms with Crippen molar-refractivity contribution in [3.8, 4) is 11.3 Å². The smallest absolute Gasteiger partial charge is 0.407 e. The summed E-state index contributed by atoms with van der Waals surface area (Å²) in [6.07, 6.45) is 1.90. The largest absolute Gasteiger partial charge is 0.465 e. The summed E-state index contributed by atoms with van der Waals surface area (Å²) in [7, 11) is 0. The van der Waals surface area contributed by atoms with Crippen molar-refractivity contribution in [2.75, 3.05) is 18.8 Å². The van der Waals surface area contributed by atoms with Crippen LogP contribution in [0.4, 0.5) is 10.6 Å². The number of amides is 2. The van der Waals surface area contributed by atoms with Gasteiger partial charge in [-0.3, -0.25) is 4.79 Å². The summed E-state index contributed by atoms with van der Waals surface area (Å²) in [5, 5.41) is 11.9. The van der Waals surface area contributed by atoms with Gasteiger partial charge in [-0.15, -0.1) is 0 Å². The molecule has 2 heterocycles. The Morgan fingerprint density at radius 1 is 1.37 bits per heavy atom. The minimum atomic E-state index is -0.991. The zero-order valence-electron chi connectivity index (χ0n) is 14.8. The number of carbonyl (C=O) groups excluding carboxylic acids is 1. The number of rotatable bonds is 4. The van der Waals surface area contributed by atoms with Crippen LogP contribution in [0.25, 0.3) is 11.3 Å². The summed E-state index contributed by atoms with van der Waals surface area (Å²) in [4.78, 5) is 33.5. The van der Waals surface area contributed by atoms with Crippen LogP contribution in [0.3, 0.4) is 0 Å². The third-order valence-corrected chi connectivity index (χ3v) is 4.50. The molecular formula is C18H22N6O3. The van der Waals surface area contributed by atoms with Gasteiger partial charge in [-0.1, -0.05) is 18.2 Å². The number of nitrogen functional groups attached to an aromatic ring is 1. The second-order valence-electron chi connectivity index (χ2n) is 6.43. The van der Waals surface area contributed by atoms with E-state index in [1.165, 1.54) is 11.1 Å². The van der Waals surface area contributed by atoms with E-state index >= 15 is 0 Å². The predicted molar refractivity (Wildman–Crippen MR) is 99.9 cm³/mol. The van der Waals surface area contributed by atoms with E-state index < -0.39 is 12.0 Å². The third kappa shape index (κ3) is 4.32. The van der Waals surface area contributed by atoms with Crippen LogP contribution < -0.4 is 16.8 Å². The number of benzene rings is 1. The molecule has 0 bridgehead atoms. The van der Waals surface area contributed by atoms with Gasteiger partial charge in [0.25, 0.3) is 5.91 Å². The molecule has 27 heavy (non-hydrogen) atoms. The number of nitrogens with two attached hydrogens (primary N) is 2. The molecule has 1 aromatic heterocycles. The van der Waals surface area contributed by atoms with E-state index in [0.717, 1.165) is 11.1 Å². The molecular weight excluding hydrogens is 348 g/mol.